The average Bonchev–Trinajstić information content (AvgIpc) is 3.47. The molecule has 1 aliphatic rings. The predicted octanol–water partition coefficient (Wildman–Crippen LogP) is 2.51. The Bertz CT molecular complexity index is 1120. The SMILES string of the molecule is N#Cc1ccnc(SCC(=O)N2CCN(c3oc(-c4ccco4)nc3C#N)CC2)c1. The number of carbonyl (C=O) groups excluding carboxylic acids is 1. The van der Waals surface area contributed by atoms with Gasteiger partial charge < -0.3 is 18.6 Å². The highest BCUT2D eigenvalue weighted by molar-refractivity contribution is 7.99. The number of aromatic nitrogens is 2. The summed E-state index contributed by atoms with van der Waals surface area (Å²) in [6.45, 7) is 2.07. The van der Waals surface area contributed by atoms with Gasteiger partial charge in [-0.15, -0.1) is 0 Å². The van der Waals surface area contributed by atoms with Gasteiger partial charge in [0.25, 0.3) is 5.89 Å². The molecular weight excluding hydrogens is 404 g/mol. The van der Waals surface area contributed by atoms with Crippen LogP contribution in [0, 0.1) is 22.7 Å². The smallest absolute Gasteiger partial charge is 0.266 e. The largest absolute Gasteiger partial charge is 0.459 e. The van der Waals surface area contributed by atoms with E-state index in [0.29, 0.717) is 48.4 Å². The van der Waals surface area contributed by atoms with Crippen LogP contribution in [0.5, 0.6) is 0 Å². The van der Waals surface area contributed by atoms with Crippen LogP contribution in [0.2, 0.25) is 0 Å². The number of anilines is 1. The molecule has 1 aliphatic heterocycles. The molecule has 0 aromatic carbocycles. The van der Waals surface area contributed by atoms with Crippen LogP contribution in [0.4, 0.5) is 5.88 Å². The molecule has 4 rings (SSSR count). The summed E-state index contributed by atoms with van der Waals surface area (Å²) in [7, 11) is 0. The van der Waals surface area contributed by atoms with Gasteiger partial charge in [0.05, 0.1) is 28.7 Å². The van der Waals surface area contributed by atoms with E-state index < -0.39 is 0 Å². The Morgan fingerprint density at radius 2 is 2.03 bits per heavy atom. The van der Waals surface area contributed by atoms with Crippen LogP contribution in [0.25, 0.3) is 11.7 Å². The maximum atomic E-state index is 12.5. The minimum atomic E-state index is -0.00170. The molecule has 10 heteroatoms. The molecule has 30 heavy (non-hydrogen) atoms. The third-order valence-electron chi connectivity index (χ3n) is 4.57. The molecule has 1 fully saturated rings. The van der Waals surface area contributed by atoms with Crippen molar-refractivity contribution < 1.29 is 13.6 Å². The van der Waals surface area contributed by atoms with Gasteiger partial charge in [0.2, 0.25) is 17.5 Å². The van der Waals surface area contributed by atoms with Crippen molar-refractivity contribution in [1.29, 1.82) is 10.5 Å². The Labute approximate surface area is 176 Å². The summed E-state index contributed by atoms with van der Waals surface area (Å²) in [5.74, 6) is 1.35. The number of thioether (sulfide) groups is 1. The summed E-state index contributed by atoms with van der Waals surface area (Å²) in [5, 5.41) is 19.0. The molecule has 4 heterocycles. The molecule has 1 amide bonds. The number of nitriles is 2. The number of rotatable bonds is 5. The van der Waals surface area contributed by atoms with Crippen molar-refractivity contribution >= 4 is 23.6 Å². The number of nitrogens with zero attached hydrogens (tertiary/aromatic N) is 6. The minimum Gasteiger partial charge on any atom is -0.459 e. The first-order chi connectivity index (χ1) is 14.7. The number of piperazine rings is 1. The van der Waals surface area contributed by atoms with Gasteiger partial charge in [-0.05, 0) is 24.3 Å². The molecule has 0 saturated carbocycles. The van der Waals surface area contributed by atoms with Gasteiger partial charge in [-0.1, -0.05) is 11.8 Å². The number of amides is 1. The lowest BCUT2D eigenvalue weighted by molar-refractivity contribution is -0.128. The second-order valence-electron chi connectivity index (χ2n) is 6.41. The molecular formula is C20H16N6O3S. The maximum Gasteiger partial charge on any atom is 0.266 e. The minimum absolute atomic E-state index is 0.00170. The fraction of sp³-hybridized carbons (Fsp3) is 0.250. The van der Waals surface area contributed by atoms with Gasteiger partial charge in [-0.25, -0.2) is 4.98 Å². The van der Waals surface area contributed by atoms with Gasteiger partial charge in [0.15, 0.2) is 5.76 Å². The summed E-state index contributed by atoms with van der Waals surface area (Å²) in [5.41, 5.74) is 0.711. The standard InChI is InChI=1S/C20H16N6O3S/c21-11-14-3-4-23-17(10-14)30-13-18(27)25-5-7-26(8-6-25)20-15(12-22)24-19(29-20)16-2-1-9-28-16/h1-4,9-10H,5-8,13H2. The summed E-state index contributed by atoms with van der Waals surface area (Å²) in [4.78, 5) is 24.6. The Balaban J connectivity index is 1.35. The lowest BCUT2D eigenvalue weighted by Gasteiger charge is -2.34. The zero-order chi connectivity index (χ0) is 20.9. The van der Waals surface area contributed by atoms with Crippen LogP contribution in [0.1, 0.15) is 11.3 Å². The number of pyridine rings is 1. The molecule has 3 aromatic rings. The third kappa shape index (κ3) is 4.14. The second-order valence-corrected chi connectivity index (χ2v) is 7.41. The second kappa shape index (κ2) is 8.72. The molecule has 0 N–H and O–H groups in total. The summed E-state index contributed by atoms with van der Waals surface area (Å²) >= 11 is 1.31. The van der Waals surface area contributed by atoms with Crippen molar-refractivity contribution in [3.63, 3.8) is 0 Å². The average molecular weight is 420 g/mol. The molecule has 0 spiro atoms. The first kappa shape index (κ1) is 19.6. The summed E-state index contributed by atoms with van der Waals surface area (Å²) < 4.78 is 11.1. The van der Waals surface area contributed by atoms with Crippen molar-refractivity contribution in [2.24, 2.45) is 0 Å². The first-order valence-corrected chi connectivity index (χ1v) is 10.1. The van der Waals surface area contributed by atoms with Crippen LogP contribution >= 0.6 is 11.8 Å². The van der Waals surface area contributed by atoms with Crippen LogP contribution in [0.3, 0.4) is 0 Å². The maximum absolute atomic E-state index is 12.5. The zero-order valence-corrected chi connectivity index (χ0v) is 16.6. The van der Waals surface area contributed by atoms with Gasteiger partial charge >= 0.3 is 0 Å². The molecule has 150 valence electrons. The number of carbonyl (C=O) groups is 1. The molecule has 1 saturated heterocycles. The van der Waals surface area contributed by atoms with E-state index in [4.69, 9.17) is 14.1 Å². The zero-order valence-electron chi connectivity index (χ0n) is 15.8. The third-order valence-corrected chi connectivity index (χ3v) is 5.48. The molecule has 0 bridgehead atoms. The van der Waals surface area contributed by atoms with Crippen molar-refractivity contribution in [2.75, 3.05) is 36.8 Å². The lowest BCUT2D eigenvalue weighted by Crippen LogP contribution is -2.49. The van der Waals surface area contributed by atoms with Gasteiger partial charge in [0, 0.05) is 32.4 Å². The Morgan fingerprint density at radius 3 is 2.73 bits per heavy atom. The van der Waals surface area contributed by atoms with Crippen LogP contribution < -0.4 is 4.90 Å². The Hall–Kier alpha value is -3.76. The first-order valence-electron chi connectivity index (χ1n) is 9.14. The lowest BCUT2D eigenvalue weighted by atomic mass is 10.3. The van der Waals surface area contributed by atoms with Gasteiger partial charge in [0.1, 0.15) is 6.07 Å². The summed E-state index contributed by atoms with van der Waals surface area (Å²) in [6.07, 6.45) is 3.07. The number of hydrogen-bond acceptors (Lipinski definition) is 9. The van der Waals surface area contributed by atoms with Gasteiger partial charge in [-0.2, -0.15) is 15.5 Å². The molecule has 3 aromatic heterocycles. The molecule has 0 unspecified atom stereocenters. The molecule has 9 nitrogen and oxygen atoms in total. The number of furan rings is 1. The number of oxazole rings is 1. The highest BCUT2D eigenvalue weighted by Crippen LogP contribution is 2.29. The Morgan fingerprint density at radius 1 is 1.20 bits per heavy atom. The van der Waals surface area contributed by atoms with Crippen LogP contribution in [-0.2, 0) is 4.79 Å². The number of hydrogen-bond donors (Lipinski definition) is 0. The quantitative estimate of drug-likeness (QED) is 0.573. The highest BCUT2D eigenvalue weighted by Gasteiger charge is 2.27. The van der Waals surface area contributed by atoms with Crippen LogP contribution in [0.15, 0.2) is 50.6 Å². The van der Waals surface area contributed by atoms with E-state index in [9.17, 15) is 10.1 Å². The molecule has 0 atom stereocenters. The normalized spacial score (nSPS) is 13.7. The van der Waals surface area contributed by atoms with E-state index in [2.05, 4.69) is 22.1 Å². The van der Waals surface area contributed by atoms with E-state index >= 15 is 0 Å². The summed E-state index contributed by atoms with van der Waals surface area (Å²) in [6, 6.07) is 10.8. The van der Waals surface area contributed by atoms with E-state index in [1.54, 1.807) is 35.4 Å². The van der Waals surface area contributed by atoms with E-state index in [-0.39, 0.29) is 23.2 Å². The fourth-order valence-corrected chi connectivity index (χ4v) is 3.85. The fourth-order valence-electron chi connectivity index (χ4n) is 3.05. The van der Waals surface area contributed by atoms with Crippen molar-refractivity contribution in [1.82, 2.24) is 14.9 Å². The topological polar surface area (TPSA) is 123 Å². The van der Waals surface area contributed by atoms with Crippen molar-refractivity contribution in [3.05, 3.63) is 48.0 Å². The predicted molar refractivity (Wildman–Crippen MR) is 107 cm³/mol. The van der Waals surface area contributed by atoms with Gasteiger partial charge in [-0.3, -0.25) is 4.79 Å². The Kier molecular flexibility index (Phi) is 5.68. The van der Waals surface area contributed by atoms with Crippen molar-refractivity contribution in [2.45, 2.75) is 5.03 Å². The van der Waals surface area contributed by atoms with Crippen molar-refractivity contribution in [3.8, 4) is 23.8 Å². The van der Waals surface area contributed by atoms with E-state index in [0.717, 1.165) is 0 Å². The van der Waals surface area contributed by atoms with Crippen LogP contribution in [-0.4, -0.2) is 52.7 Å². The molecule has 0 radical (unpaired) electrons. The van der Waals surface area contributed by atoms with E-state index in [1.165, 1.54) is 18.0 Å². The van der Waals surface area contributed by atoms with E-state index in [1.807, 2.05) is 4.90 Å². The monoisotopic (exact) mass is 420 g/mol. The highest BCUT2D eigenvalue weighted by atomic mass is 32.2. The molecule has 0 aliphatic carbocycles.